The van der Waals surface area contributed by atoms with Crippen molar-refractivity contribution < 1.29 is 9.59 Å². The number of hydrogen-bond donors (Lipinski definition) is 1. The van der Waals surface area contributed by atoms with Crippen LogP contribution < -0.4 is 10.2 Å². The van der Waals surface area contributed by atoms with Crippen LogP contribution in [0.3, 0.4) is 0 Å². The van der Waals surface area contributed by atoms with Crippen LogP contribution in [0.15, 0.2) is 54.6 Å². The van der Waals surface area contributed by atoms with Crippen molar-refractivity contribution in [2.45, 2.75) is 26.2 Å². The van der Waals surface area contributed by atoms with Gasteiger partial charge in [-0.2, -0.15) is 0 Å². The lowest BCUT2D eigenvalue weighted by atomic mass is 9.71. The number of urea groups is 1. The molecule has 2 aliphatic rings. The summed E-state index contributed by atoms with van der Waals surface area (Å²) < 4.78 is 0. The summed E-state index contributed by atoms with van der Waals surface area (Å²) in [5, 5.41) is 2.99. The summed E-state index contributed by atoms with van der Waals surface area (Å²) in [5.74, 6) is 0.199. The minimum Gasteiger partial charge on any atom is -0.324 e. The first kappa shape index (κ1) is 17.6. The number of piperidine rings is 1. The quantitative estimate of drug-likeness (QED) is 0.841. The van der Waals surface area contributed by atoms with Crippen molar-refractivity contribution in [3.05, 3.63) is 60.2 Å². The maximum atomic E-state index is 12.8. The Morgan fingerprint density at radius 2 is 1.81 bits per heavy atom. The number of nitrogens with one attached hydrogen (secondary N) is 1. The normalized spacial score (nSPS) is 18.3. The number of β-lactam (4-membered cyclic amide) rings is 1. The van der Waals surface area contributed by atoms with Gasteiger partial charge in [-0.15, -0.1) is 0 Å². The van der Waals surface area contributed by atoms with Gasteiger partial charge in [-0.3, -0.25) is 4.79 Å². The predicted octanol–water partition coefficient (Wildman–Crippen LogP) is 3.91. The first-order valence-corrected chi connectivity index (χ1v) is 9.63. The zero-order valence-corrected chi connectivity index (χ0v) is 15.6. The first-order chi connectivity index (χ1) is 13.1. The maximum absolute atomic E-state index is 12.8. The van der Waals surface area contributed by atoms with Gasteiger partial charge in [-0.1, -0.05) is 37.3 Å². The molecule has 2 aromatic rings. The molecule has 140 valence electrons. The van der Waals surface area contributed by atoms with Crippen LogP contribution in [0.4, 0.5) is 16.2 Å². The molecule has 27 heavy (non-hydrogen) atoms. The van der Waals surface area contributed by atoms with Crippen LogP contribution >= 0.6 is 0 Å². The Hall–Kier alpha value is -2.82. The van der Waals surface area contributed by atoms with Gasteiger partial charge in [-0.05, 0) is 49.1 Å². The number of amides is 3. The van der Waals surface area contributed by atoms with Crippen molar-refractivity contribution in [3.63, 3.8) is 0 Å². The Labute approximate surface area is 160 Å². The molecular weight excluding hydrogens is 338 g/mol. The molecule has 0 unspecified atom stereocenters. The fraction of sp³-hybridized carbons (Fsp3) is 0.364. The van der Waals surface area contributed by atoms with Crippen LogP contribution in [0.1, 0.15) is 25.3 Å². The monoisotopic (exact) mass is 363 g/mol. The average Bonchev–Trinajstić information content (AvgIpc) is 2.73. The van der Waals surface area contributed by atoms with Crippen molar-refractivity contribution in [2.24, 2.45) is 5.41 Å². The minimum atomic E-state index is -0.283. The Morgan fingerprint density at radius 3 is 2.48 bits per heavy atom. The number of hydrogen-bond acceptors (Lipinski definition) is 2. The van der Waals surface area contributed by atoms with E-state index in [1.54, 1.807) is 0 Å². The third-order valence-electron chi connectivity index (χ3n) is 5.82. The number of benzene rings is 2. The molecule has 0 bridgehead atoms. The smallest absolute Gasteiger partial charge is 0.321 e. The molecule has 0 saturated carbocycles. The summed E-state index contributed by atoms with van der Waals surface area (Å²) in [4.78, 5) is 29.0. The molecule has 5 heteroatoms. The van der Waals surface area contributed by atoms with E-state index >= 15 is 0 Å². The number of para-hydroxylation sites is 1. The Bertz CT molecular complexity index is 842. The molecule has 2 saturated heterocycles. The molecule has 5 nitrogen and oxygen atoms in total. The number of nitrogens with zero attached hydrogens (tertiary/aromatic N) is 2. The SMILES string of the molecule is CCc1cccc(NC(=O)N2CCC3(CC2)CN(c2ccccc2)C3=O)c1. The number of carbonyl (C=O) groups excluding carboxylic acids is 2. The molecule has 1 spiro atoms. The van der Waals surface area contributed by atoms with Crippen LogP contribution in [0, 0.1) is 5.41 Å². The lowest BCUT2D eigenvalue weighted by molar-refractivity contribution is -0.138. The highest BCUT2D eigenvalue weighted by molar-refractivity contribution is 6.04. The largest absolute Gasteiger partial charge is 0.324 e. The van der Waals surface area contributed by atoms with Gasteiger partial charge in [0, 0.05) is 31.0 Å². The molecular formula is C22H25N3O2. The molecule has 0 atom stereocenters. The molecule has 0 aromatic heterocycles. The molecule has 2 aliphatic heterocycles. The van der Waals surface area contributed by atoms with E-state index in [0.717, 1.165) is 37.2 Å². The van der Waals surface area contributed by atoms with Gasteiger partial charge < -0.3 is 15.1 Å². The van der Waals surface area contributed by atoms with E-state index in [1.165, 1.54) is 5.56 Å². The van der Waals surface area contributed by atoms with E-state index in [4.69, 9.17) is 0 Å². The van der Waals surface area contributed by atoms with Gasteiger partial charge in [0.1, 0.15) is 0 Å². The average molecular weight is 363 g/mol. The predicted molar refractivity (Wildman–Crippen MR) is 107 cm³/mol. The van der Waals surface area contributed by atoms with Crippen molar-refractivity contribution in [1.29, 1.82) is 0 Å². The van der Waals surface area contributed by atoms with Crippen molar-refractivity contribution in [1.82, 2.24) is 4.90 Å². The minimum absolute atomic E-state index is 0.0789. The third-order valence-corrected chi connectivity index (χ3v) is 5.82. The van der Waals surface area contributed by atoms with Gasteiger partial charge in [0.05, 0.1) is 5.41 Å². The fourth-order valence-electron chi connectivity index (χ4n) is 4.03. The topological polar surface area (TPSA) is 52.7 Å². The van der Waals surface area contributed by atoms with Crippen molar-refractivity contribution in [3.8, 4) is 0 Å². The molecule has 0 aliphatic carbocycles. The number of aryl methyl sites for hydroxylation is 1. The summed E-state index contributed by atoms with van der Waals surface area (Å²) in [6.45, 7) is 4.09. The fourth-order valence-corrected chi connectivity index (χ4v) is 4.03. The van der Waals surface area contributed by atoms with E-state index in [9.17, 15) is 9.59 Å². The summed E-state index contributed by atoms with van der Waals surface area (Å²) >= 11 is 0. The van der Waals surface area contributed by atoms with Gasteiger partial charge in [0.2, 0.25) is 5.91 Å². The standard InChI is InChI=1S/C22H25N3O2/c1-2-17-7-6-8-18(15-17)23-21(27)24-13-11-22(12-14-24)16-25(20(22)26)19-9-4-3-5-10-19/h3-10,15H,2,11-14,16H2,1H3,(H,23,27). The van der Waals surface area contributed by atoms with Crippen LogP contribution in [-0.2, 0) is 11.2 Å². The Kier molecular flexibility index (Phi) is 4.60. The molecule has 2 fully saturated rings. The van der Waals surface area contributed by atoms with Gasteiger partial charge in [0.25, 0.3) is 0 Å². The number of rotatable bonds is 3. The van der Waals surface area contributed by atoms with Crippen LogP contribution in [0.2, 0.25) is 0 Å². The highest BCUT2D eigenvalue weighted by Gasteiger charge is 2.53. The summed E-state index contributed by atoms with van der Waals surface area (Å²) in [6.07, 6.45) is 2.41. The van der Waals surface area contributed by atoms with E-state index in [-0.39, 0.29) is 17.4 Å². The van der Waals surface area contributed by atoms with Gasteiger partial charge in [-0.25, -0.2) is 4.79 Å². The lowest BCUT2D eigenvalue weighted by Gasteiger charge is -2.52. The second kappa shape index (κ2) is 7.06. The molecule has 0 radical (unpaired) electrons. The molecule has 2 aromatic carbocycles. The second-order valence-electron chi connectivity index (χ2n) is 7.48. The molecule has 3 amide bonds. The van der Waals surface area contributed by atoms with Gasteiger partial charge in [0.15, 0.2) is 0 Å². The van der Waals surface area contributed by atoms with Crippen LogP contribution in [0.25, 0.3) is 0 Å². The third kappa shape index (κ3) is 3.29. The highest BCUT2D eigenvalue weighted by Crippen LogP contribution is 2.43. The van der Waals surface area contributed by atoms with Crippen molar-refractivity contribution >= 4 is 23.3 Å². The van der Waals surface area contributed by atoms with Crippen LogP contribution in [-0.4, -0.2) is 36.5 Å². The summed E-state index contributed by atoms with van der Waals surface area (Å²) in [7, 11) is 0. The number of likely N-dealkylation sites (tertiary alicyclic amines) is 1. The van der Waals surface area contributed by atoms with Gasteiger partial charge >= 0.3 is 6.03 Å². The highest BCUT2D eigenvalue weighted by atomic mass is 16.2. The summed E-state index contributed by atoms with van der Waals surface area (Å²) in [6, 6.07) is 17.7. The molecule has 2 heterocycles. The number of carbonyl (C=O) groups is 2. The second-order valence-corrected chi connectivity index (χ2v) is 7.48. The number of anilines is 2. The Balaban J connectivity index is 1.34. The maximum Gasteiger partial charge on any atom is 0.321 e. The summed E-state index contributed by atoms with van der Waals surface area (Å²) in [5.41, 5.74) is 2.71. The molecule has 4 rings (SSSR count). The lowest BCUT2D eigenvalue weighted by Crippen LogP contribution is -2.65. The molecule has 1 N–H and O–H groups in total. The zero-order chi connectivity index (χ0) is 18.9. The zero-order valence-electron chi connectivity index (χ0n) is 15.6. The van der Waals surface area contributed by atoms with E-state index in [2.05, 4.69) is 18.3 Å². The Morgan fingerprint density at radius 1 is 1.07 bits per heavy atom. The van der Waals surface area contributed by atoms with E-state index in [0.29, 0.717) is 13.1 Å². The first-order valence-electron chi connectivity index (χ1n) is 9.63. The van der Waals surface area contributed by atoms with E-state index < -0.39 is 0 Å². The van der Waals surface area contributed by atoms with Crippen molar-refractivity contribution in [2.75, 3.05) is 29.9 Å². The van der Waals surface area contributed by atoms with Crippen LogP contribution in [0.5, 0.6) is 0 Å². The van der Waals surface area contributed by atoms with E-state index in [1.807, 2.05) is 58.3 Å².